The van der Waals surface area contributed by atoms with Crippen molar-refractivity contribution < 1.29 is 14.4 Å². The molecule has 1 aromatic carbocycles. The van der Waals surface area contributed by atoms with Crippen LogP contribution in [-0.2, 0) is 4.57 Å². The molecule has 1 aliphatic rings. The van der Waals surface area contributed by atoms with E-state index in [1.807, 2.05) is 6.07 Å². The van der Waals surface area contributed by atoms with Gasteiger partial charge in [0.15, 0.2) is 0 Å². The smallest absolute Gasteiger partial charge is 0.323 e. The highest BCUT2D eigenvalue weighted by Gasteiger charge is 2.32. The Morgan fingerprint density at radius 1 is 1.11 bits per heavy atom. The van der Waals surface area contributed by atoms with Crippen molar-refractivity contribution >= 4 is 7.60 Å². The summed E-state index contributed by atoms with van der Waals surface area (Å²) in [7, 11) is -4.18. The minimum absolute atomic E-state index is 0.219. The summed E-state index contributed by atoms with van der Waals surface area (Å²) >= 11 is 0. The van der Waals surface area contributed by atoms with Gasteiger partial charge in [0.25, 0.3) is 0 Å². The van der Waals surface area contributed by atoms with Crippen molar-refractivity contribution in [3.63, 3.8) is 0 Å². The summed E-state index contributed by atoms with van der Waals surface area (Å²) in [6.45, 7) is 0. The highest BCUT2D eigenvalue weighted by molar-refractivity contribution is 7.52. The van der Waals surface area contributed by atoms with Gasteiger partial charge in [-0.05, 0) is 18.4 Å². The molecular weight excluding hydrogens is 249 g/mol. The average molecular weight is 269 g/mol. The van der Waals surface area contributed by atoms with Crippen LogP contribution in [0.2, 0.25) is 0 Å². The molecule has 100 valence electrons. The molecule has 0 spiro atoms. The second-order valence-corrected chi connectivity index (χ2v) is 6.60. The Balaban J connectivity index is 2.13. The van der Waals surface area contributed by atoms with E-state index < -0.39 is 13.4 Å². The normalized spacial score (nSPS) is 19.7. The van der Waals surface area contributed by atoms with Gasteiger partial charge in [-0.3, -0.25) is 9.88 Å². The zero-order chi connectivity index (χ0) is 13.0. The number of benzene rings is 1. The first-order valence-electron chi connectivity index (χ1n) is 6.43. The Hall–Kier alpha value is -0.670. The van der Waals surface area contributed by atoms with Crippen LogP contribution in [0.3, 0.4) is 0 Å². The van der Waals surface area contributed by atoms with Gasteiger partial charge in [0.1, 0.15) is 5.78 Å². The molecule has 1 saturated carbocycles. The van der Waals surface area contributed by atoms with Crippen molar-refractivity contribution in [1.29, 1.82) is 0 Å². The molecule has 18 heavy (non-hydrogen) atoms. The predicted molar refractivity (Wildman–Crippen MR) is 71.2 cm³/mol. The van der Waals surface area contributed by atoms with E-state index in [0.29, 0.717) is 5.56 Å². The van der Waals surface area contributed by atoms with E-state index in [1.165, 1.54) is 6.42 Å². The van der Waals surface area contributed by atoms with E-state index in [9.17, 15) is 14.4 Å². The fourth-order valence-electron chi connectivity index (χ4n) is 2.52. The van der Waals surface area contributed by atoms with Gasteiger partial charge in [-0.15, -0.1) is 0 Å². The van der Waals surface area contributed by atoms with Crippen LogP contribution < -0.4 is 5.32 Å². The molecule has 0 bridgehead atoms. The van der Waals surface area contributed by atoms with E-state index in [-0.39, 0.29) is 6.04 Å². The topological polar surface area (TPSA) is 69.6 Å². The van der Waals surface area contributed by atoms with Crippen molar-refractivity contribution in [1.82, 2.24) is 5.32 Å². The Kier molecular flexibility index (Phi) is 4.57. The van der Waals surface area contributed by atoms with E-state index in [0.717, 1.165) is 25.7 Å². The molecule has 5 heteroatoms. The van der Waals surface area contributed by atoms with Crippen LogP contribution in [0.4, 0.5) is 0 Å². The van der Waals surface area contributed by atoms with E-state index in [2.05, 4.69) is 5.32 Å². The van der Waals surface area contributed by atoms with Gasteiger partial charge in [-0.2, -0.15) is 0 Å². The van der Waals surface area contributed by atoms with Crippen LogP contribution in [0.5, 0.6) is 0 Å². The Bertz CT molecular complexity index is 412. The summed E-state index contributed by atoms with van der Waals surface area (Å²) in [5, 5.41) is 3.15. The lowest BCUT2D eigenvalue weighted by Crippen LogP contribution is -2.34. The molecule has 1 unspecified atom stereocenters. The van der Waals surface area contributed by atoms with Gasteiger partial charge in [-0.25, -0.2) is 0 Å². The maximum absolute atomic E-state index is 11.6. The Labute approximate surface area is 108 Å². The van der Waals surface area contributed by atoms with Gasteiger partial charge in [0.2, 0.25) is 0 Å². The van der Waals surface area contributed by atoms with E-state index in [4.69, 9.17) is 0 Å². The fraction of sp³-hybridized carbons (Fsp3) is 0.538. The molecule has 4 nitrogen and oxygen atoms in total. The summed E-state index contributed by atoms with van der Waals surface area (Å²) < 4.78 is 11.6. The standard InChI is InChI=1S/C13H20NO3P/c15-18(16,17)13(11-7-3-1-4-8-11)14-12-9-5-2-6-10-12/h1,3-4,7-8,12-14H,2,5-6,9-10H2,(H2,15,16,17). The quantitative estimate of drug-likeness (QED) is 0.735. The number of rotatable bonds is 4. The van der Waals surface area contributed by atoms with Crippen molar-refractivity contribution in [2.45, 2.75) is 43.9 Å². The molecule has 1 fully saturated rings. The summed E-state index contributed by atoms with van der Waals surface area (Å²) in [5.74, 6) is -0.873. The molecule has 0 amide bonds. The molecule has 0 heterocycles. The highest BCUT2D eigenvalue weighted by atomic mass is 31.2. The van der Waals surface area contributed by atoms with Crippen LogP contribution >= 0.6 is 7.60 Å². The SMILES string of the molecule is O=P(O)(O)C(NC1CCCCC1)c1ccccc1. The average Bonchev–Trinajstić information content (AvgIpc) is 2.37. The molecule has 0 aromatic heterocycles. The highest BCUT2D eigenvalue weighted by Crippen LogP contribution is 2.50. The fourth-order valence-corrected chi connectivity index (χ4v) is 3.48. The first-order valence-corrected chi connectivity index (χ1v) is 8.12. The summed E-state index contributed by atoms with van der Waals surface area (Å²) in [6, 6.07) is 9.21. The van der Waals surface area contributed by atoms with Crippen LogP contribution in [-0.4, -0.2) is 15.8 Å². The molecule has 1 atom stereocenters. The largest absolute Gasteiger partial charge is 0.346 e. The monoisotopic (exact) mass is 269 g/mol. The van der Waals surface area contributed by atoms with Gasteiger partial charge < -0.3 is 9.79 Å². The van der Waals surface area contributed by atoms with E-state index >= 15 is 0 Å². The Morgan fingerprint density at radius 3 is 2.28 bits per heavy atom. The van der Waals surface area contributed by atoms with Crippen molar-refractivity contribution in [3.8, 4) is 0 Å². The van der Waals surface area contributed by atoms with Crippen molar-refractivity contribution in [2.24, 2.45) is 0 Å². The maximum Gasteiger partial charge on any atom is 0.346 e. The minimum Gasteiger partial charge on any atom is -0.323 e. The molecule has 3 N–H and O–H groups in total. The van der Waals surface area contributed by atoms with Gasteiger partial charge in [0.05, 0.1) is 0 Å². The summed E-state index contributed by atoms with van der Waals surface area (Å²) in [4.78, 5) is 19.0. The summed E-state index contributed by atoms with van der Waals surface area (Å²) in [5.41, 5.74) is 0.663. The van der Waals surface area contributed by atoms with Crippen molar-refractivity contribution in [2.75, 3.05) is 0 Å². The molecule has 0 saturated heterocycles. The van der Waals surface area contributed by atoms with E-state index in [1.54, 1.807) is 24.3 Å². The predicted octanol–water partition coefficient (Wildman–Crippen LogP) is 2.79. The number of hydrogen-bond donors (Lipinski definition) is 3. The molecule has 0 aliphatic heterocycles. The lowest BCUT2D eigenvalue weighted by atomic mass is 9.95. The second kappa shape index (κ2) is 5.98. The maximum atomic E-state index is 11.6. The third-order valence-electron chi connectivity index (χ3n) is 3.45. The lowest BCUT2D eigenvalue weighted by Gasteiger charge is -2.29. The third kappa shape index (κ3) is 3.66. The van der Waals surface area contributed by atoms with Crippen LogP contribution in [0, 0.1) is 0 Å². The second-order valence-electron chi connectivity index (χ2n) is 4.90. The molecular formula is C13H20NO3P. The molecule has 1 aliphatic carbocycles. The van der Waals surface area contributed by atoms with Crippen molar-refractivity contribution in [3.05, 3.63) is 35.9 Å². The van der Waals surface area contributed by atoms with Gasteiger partial charge in [-0.1, -0.05) is 49.6 Å². The minimum atomic E-state index is -4.18. The Morgan fingerprint density at radius 2 is 1.72 bits per heavy atom. The molecule has 2 rings (SSSR count). The molecule has 1 aromatic rings. The zero-order valence-corrected chi connectivity index (χ0v) is 11.2. The first kappa shape index (κ1) is 13.8. The zero-order valence-electron chi connectivity index (χ0n) is 10.3. The number of hydrogen-bond acceptors (Lipinski definition) is 2. The van der Waals surface area contributed by atoms with Crippen LogP contribution in [0.25, 0.3) is 0 Å². The molecule has 0 radical (unpaired) electrons. The van der Waals surface area contributed by atoms with Gasteiger partial charge in [0, 0.05) is 6.04 Å². The van der Waals surface area contributed by atoms with Crippen LogP contribution in [0.1, 0.15) is 43.5 Å². The lowest BCUT2D eigenvalue weighted by molar-refractivity contribution is 0.314. The first-order chi connectivity index (χ1) is 8.57. The van der Waals surface area contributed by atoms with Crippen LogP contribution in [0.15, 0.2) is 30.3 Å². The summed E-state index contributed by atoms with van der Waals surface area (Å²) in [6.07, 6.45) is 5.51. The third-order valence-corrected chi connectivity index (χ3v) is 4.57. The van der Waals surface area contributed by atoms with Gasteiger partial charge >= 0.3 is 7.60 Å². The number of nitrogens with one attached hydrogen (secondary N) is 1.